The predicted octanol–water partition coefficient (Wildman–Crippen LogP) is -2.09. The number of carboxylic acids is 2. The van der Waals surface area contributed by atoms with E-state index in [4.69, 9.17) is 20.4 Å². The third-order valence-corrected chi connectivity index (χ3v) is 1.54. The van der Waals surface area contributed by atoms with Crippen LogP contribution in [0.4, 0.5) is 0 Å². The molecule has 0 heterocycles. The van der Waals surface area contributed by atoms with Gasteiger partial charge in [-0.1, -0.05) is 0 Å². The first-order valence-corrected chi connectivity index (χ1v) is 4.45. The van der Waals surface area contributed by atoms with Crippen LogP contribution in [0, 0.1) is 0 Å². The fourth-order valence-corrected chi connectivity index (χ4v) is 0.936. The number of aliphatic hydroxyl groups is 2. The molecule has 0 aromatic rings. The second-order valence-electron chi connectivity index (χ2n) is 2.71. The standard InChI is InChI=1S/C8H14O8/c9-1-3-15-5(7(11)12)6(8(13)14)16-4-2-10/h5-6,9-10H,1-4H2,(H,11,12)(H,13,14). The number of rotatable bonds is 9. The fraction of sp³-hybridized carbons (Fsp3) is 0.750. The van der Waals surface area contributed by atoms with Crippen molar-refractivity contribution in [1.29, 1.82) is 0 Å². The van der Waals surface area contributed by atoms with Gasteiger partial charge in [0.05, 0.1) is 26.4 Å². The van der Waals surface area contributed by atoms with Crippen LogP contribution in [-0.4, -0.2) is 71.0 Å². The first-order chi connectivity index (χ1) is 7.54. The Morgan fingerprint density at radius 1 is 0.875 bits per heavy atom. The SMILES string of the molecule is O=C(O)C(OCCO)C(OCCO)C(=O)O. The molecule has 0 saturated heterocycles. The molecule has 0 bridgehead atoms. The van der Waals surface area contributed by atoms with Crippen LogP contribution in [0.5, 0.6) is 0 Å². The third-order valence-electron chi connectivity index (χ3n) is 1.54. The topological polar surface area (TPSA) is 134 Å². The molecule has 0 aliphatic rings. The average molecular weight is 238 g/mol. The molecule has 16 heavy (non-hydrogen) atoms. The molecule has 2 atom stereocenters. The zero-order chi connectivity index (χ0) is 12.6. The maximum atomic E-state index is 10.7. The largest absolute Gasteiger partial charge is 0.479 e. The summed E-state index contributed by atoms with van der Waals surface area (Å²) >= 11 is 0. The Balaban J connectivity index is 4.52. The van der Waals surface area contributed by atoms with Gasteiger partial charge in [0.1, 0.15) is 0 Å². The van der Waals surface area contributed by atoms with Crippen molar-refractivity contribution in [2.24, 2.45) is 0 Å². The molecule has 94 valence electrons. The van der Waals surface area contributed by atoms with Crippen molar-refractivity contribution in [1.82, 2.24) is 0 Å². The highest BCUT2D eigenvalue weighted by atomic mass is 16.6. The molecule has 0 spiro atoms. The zero-order valence-electron chi connectivity index (χ0n) is 8.40. The van der Waals surface area contributed by atoms with Gasteiger partial charge >= 0.3 is 11.9 Å². The van der Waals surface area contributed by atoms with Crippen LogP contribution in [0.25, 0.3) is 0 Å². The molecule has 0 saturated carbocycles. The molecular weight excluding hydrogens is 224 g/mol. The molecule has 0 amide bonds. The van der Waals surface area contributed by atoms with Crippen LogP contribution < -0.4 is 0 Å². The maximum Gasteiger partial charge on any atom is 0.336 e. The summed E-state index contributed by atoms with van der Waals surface area (Å²) in [5.41, 5.74) is 0. The summed E-state index contributed by atoms with van der Waals surface area (Å²) < 4.78 is 9.27. The van der Waals surface area contributed by atoms with Crippen molar-refractivity contribution in [3.05, 3.63) is 0 Å². The van der Waals surface area contributed by atoms with Crippen LogP contribution in [0.3, 0.4) is 0 Å². The minimum atomic E-state index is -1.73. The van der Waals surface area contributed by atoms with Crippen LogP contribution >= 0.6 is 0 Å². The minimum Gasteiger partial charge on any atom is -0.479 e. The Kier molecular flexibility index (Phi) is 7.38. The highest BCUT2D eigenvalue weighted by Crippen LogP contribution is 2.06. The summed E-state index contributed by atoms with van der Waals surface area (Å²) in [7, 11) is 0. The van der Waals surface area contributed by atoms with Crippen LogP contribution in [0.2, 0.25) is 0 Å². The van der Waals surface area contributed by atoms with E-state index < -0.39 is 37.4 Å². The second-order valence-corrected chi connectivity index (χ2v) is 2.71. The number of carboxylic acid groups (broad SMARTS) is 2. The van der Waals surface area contributed by atoms with Gasteiger partial charge in [-0.15, -0.1) is 0 Å². The summed E-state index contributed by atoms with van der Waals surface area (Å²) in [6.07, 6.45) is -3.45. The maximum absolute atomic E-state index is 10.7. The molecular formula is C8H14O8. The van der Waals surface area contributed by atoms with Crippen molar-refractivity contribution >= 4 is 11.9 Å². The summed E-state index contributed by atoms with van der Waals surface area (Å²) in [5, 5.41) is 34.3. The van der Waals surface area contributed by atoms with E-state index in [0.717, 1.165) is 0 Å². The quantitative estimate of drug-likeness (QED) is 0.359. The van der Waals surface area contributed by atoms with Gasteiger partial charge in [-0.2, -0.15) is 0 Å². The summed E-state index contributed by atoms with van der Waals surface area (Å²) in [5.74, 6) is -3.03. The molecule has 0 aromatic heterocycles. The molecule has 8 heteroatoms. The van der Waals surface area contributed by atoms with Crippen LogP contribution in [0.1, 0.15) is 0 Å². The van der Waals surface area contributed by atoms with Crippen molar-refractivity contribution in [2.45, 2.75) is 12.2 Å². The van der Waals surface area contributed by atoms with E-state index in [1.54, 1.807) is 0 Å². The minimum absolute atomic E-state index is 0.316. The lowest BCUT2D eigenvalue weighted by Crippen LogP contribution is -2.44. The Morgan fingerprint density at radius 2 is 1.19 bits per heavy atom. The lowest BCUT2D eigenvalue weighted by molar-refractivity contribution is -0.178. The van der Waals surface area contributed by atoms with E-state index in [9.17, 15) is 9.59 Å². The van der Waals surface area contributed by atoms with Gasteiger partial charge < -0.3 is 29.9 Å². The molecule has 0 aliphatic carbocycles. The molecule has 4 N–H and O–H groups in total. The summed E-state index contributed by atoms with van der Waals surface area (Å²) in [6, 6.07) is 0. The van der Waals surface area contributed by atoms with E-state index in [0.29, 0.717) is 0 Å². The Labute approximate surface area is 91.0 Å². The van der Waals surface area contributed by atoms with E-state index in [-0.39, 0.29) is 13.2 Å². The van der Waals surface area contributed by atoms with E-state index >= 15 is 0 Å². The van der Waals surface area contributed by atoms with Gasteiger partial charge in [-0.05, 0) is 0 Å². The predicted molar refractivity (Wildman–Crippen MR) is 48.9 cm³/mol. The molecule has 0 aliphatic heterocycles. The number of carbonyl (C=O) groups is 2. The molecule has 0 aromatic carbocycles. The van der Waals surface area contributed by atoms with E-state index in [2.05, 4.69) is 9.47 Å². The molecule has 2 unspecified atom stereocenters. The highest BCUT2D eigenvalue weighted by Gasteiger charge is 2.35. The van der Waals surface area contributed by atoms with Crippen LogP contribution in [0.15, 0.2) is 0 Å². The first kappa shape index (κ1) is 14.8. The third kappa shape index (κ3) is 5.03. The van der Waals surface area contributed by atoms with Crippen LogP contribution in [-0.2, 0) is 19.1 Å². The number of hydrogen-bond donors (Lipinski definition) is 4. The molecule has 0 rings (SSSR count). The number of hydrogen-bond acceptors (Lipinski definition) is 6. The van der Waals surface area contributed by atoms with Gasteiger partial charge in [0.2, 0.25) is 0 Å². The molecule has 0 radical (unpaired) electrons. The van der Waals surface area contributed by atoms with Crippen molar-refractivity contribution in [3.63, 3.8) is 0 Å². The van der Waals surface area contributed by atoms with Gasteiger partial charge in [0.15, 0.2) is 12.2 Å². The van der Waals surface area contributed by atoms with Gasteiger partial charge in [-0.25, -0.2) is 9.59 Å². The van der Waals surface area contributed by atoms with Crippen molar-refractivity contribution in [2.75, 3.05) is 26.4 Å². The van der Waals surface area contributed by atoms with Gasteiger partial charge in [-0.3, -0.25) is 0 Å². The number of aliphatic hydroxyl groups excluding tert-OH is 2. The molecule has 8 nitrogen and oxygen atoms in total. The lowest BCUT2D eigenvalue weighted by atomic mass is 10.2. The second kappa shape index (κ2) is 7.99. The van der Waals surface area contributed by atoms with E-state index in [1.807, 2.05) is 0 Å². The lowest BCUT2D eigenvalue weighted by Gasteiger charge is -2.20. The first-order valence-electron chi connectivity index (χ1n) is 4.45. The monoisotopic (exact) mass is 238 g/mol. The number of aliphatic carboxylic acids is 2. The zero-order valence-corrected chi connectivity index (χ0v) is 8.40. The van der Waals surface area contributed by atoms with Crippen molar-refractivity contribution in [3.8, 4) is 0 Å². The highest BCUT2D eigenvalue weighted by molar-refractivity contribution is 5.83. The average Bonchev–Trinajstić information content (AvgIpc) is 2.21. The van der Waals surface area contributed by atoms with Gasteiger partial charge in [0, 0.05) is 0 Å². The van der Waals surface area contributed by atoms with E-state index in [1.165, 1.54) is 0 Å². The summed E-state index contributed by atoms with van der Waals surface area (Å²) in [6.45, 7) is -1.50. The Hall–Kier alpha value is -1.22. The normalized spacial score (nSPS) is 14.4. The fourth-order valence-electron chi connectivity index (χ4n) is 0.936. The molecule has 0 fully saturated rings. The Bertz CT molecular complexity index is 204. The Morgan fingerprint density at radius 3 is 1.38 bits per heavy atom. The summed E-state index contributed by atoms with van der Waals surface area (Å²) in [4.78, 5) is 21.4. The van der Waals surface area contributed by atoms with Gasteiger partial charge in [0.25, 0.3) is 0 Å². The smallest absolute Gasteiger partial charge is 0.336 e. The number of ether oxygens (including phenoxy) is 2. The van der Waals surface area contributed by atoms with Crippen molar-refractivity contribution < 1.29 is 39.5 Å².